The minimum atomic E-state index is -0.307. The van der Waals surface area contributed by atoms with Crippen molar-refractivity contribution in [1.29, 1.82) is 0 Å². The van der Waals surface area contributed by atoms with Gasteiger partial charge in [0.2, 0.25) is 5.91 Å². The molecular formula is C37H39N9O4. The first-order chi connectivity index (χ1) is 24.4. The molecule has 2 aliphatic heterocycles. The van der Waals surface area contributed by atoms with Gasteiger partial charge in [0.05, 0.1) is 18.9 Å². The van der Waals surface area contributed by atoms with Crippen molar-refractivity contribution in [2.45, 2.75) is 39.2 Å². The maximum Gasteiger partial charge on any atom is 0.271 e. The number of amides is 3. The first-order valence-corrected chi connectivity index (χ1v) is 16.9. The summed E-state index contributed by atoms with van der Waals surface area (Å²) in [5.74, 6) is 0.241. The predicted octanol–water partition coefficient (Wildman–Crippen LogP) is 3.93. The van der Waals surface area contributed by atoms with Crippen LogP contribution >= 0.6 is 0 Å². The van der Waals surface area contributed by atoms with Crippen molar-refractivity contribution in [3.63, 3.8) is 0 Å². The molecule has 0 unspecified atom stereocenters. The zero-order valence-electron chi connectivity index (χ0n) is 28.1. The molecule has 256 valence electrons. The van der Waals surface area contributed by atoms with Gasteiger partial charge in [-0.2, -0.15) is 0 Å². The Morgan fingerprint density at radius 1 is 0.880 bits per heavy atom. The van der Waals surface area contributed by atoms with E-state index in [2.05, 4.69) is 43.5 Å². The van der Waals surface area contributed by atoms with Gasteiger partial charge >= 0.3 is 0 Å². The number of anilines is 2. The average Bonchev–Trinajstić information content (AvgIpc) is 3.59. The Bertz CT molecular complexity index is 2020. The van der Waals surface area contributed by atoms with E-state index in [1.807, 2.05) is 51.9 Å². The van der Waals surface area contributed by atoms with Crippen LogP contribution < -0.4 is 20.4 Å². The number of hydrogen-bond donors (Lipinski definition) is 2. The molecule has 5 heterocycles. The molecule has 0 radical (unpaired) electrons. The molecule has 0 saturated carbocycles. The van der Waals surface area contributed by atoms with Gasteiger partial charge < -0.3 is 29.6 Å². The highest BCUT2D eigenvalue weighted by atomic mass is 16.5. The lowest BCUT2D eigenvalue weighted by Gasteiger charge is -2.34. The summed E-state index contributed by atoms with van der Waals surface area (Å²) in [7, 11) is 0. The van der Waals surface area contributed by atoms with Crippen LogP contribution in [0.2, 0.25) is 0 Å². The monoisotopic (exact) mass is 673 g/mol. The molecule has 7 rings (SSSR count). The van der Waals surface area contributed by atoms with Gasteiger partial charge in [-0.05, 0) is 67.1 Å². The number of carbonyl (C=O) groups is 3. The van der Waals surface area contributed by atoms with E-state index in [9.17, 15) is 14.4 Å². The van der Waals surface area contributed by atoms with Crippen molar-refractivity contribution in [1.82, 2.24) is 35.0 Å². The zero-order chi connectivity index (χ0) is 34.6. The highest BCUT2D eigenvalue weighted by molar-refractivity contribution is 5.96. The molecule has 5 aromatic rings. The summed E-state index contributed by atoms with van der Waals surface area (Å²) in [5, 5.41) is 5.85. The van der Waals surface area contributed by atoms with Crippen molar-refractivity contribution >= 4 is 34.9 Å². The van der Waals surface area contributed by atoms with Crippen molar-refractivity contribution in [3.05, 3.63) is 90.4 Å². The molecular weight excluding hydrogens is 634 g/mol. The number of aryl methyl sites for hydroxylation is 1. The molecule has 0 spiro atoms. The lowest BCUT2D eigenvalue weighted by molar-refractivity contribution is -0.117. The van der Waals surface area contributed by atoms with Crippen molar-refractivity contribution in [2.24, 2.45) is 0 Å². The summed E-state index contributed by atoms with van der Waals surface area (Å²) >= 11 is 0. The molecule has 0 aliphatic carbocycles. The van der Waals surface area contributed by atoms with Crippen molar-refractivity contribution < 1.29 is 19.1 Å². The minimum absolute atomic E-state index is 0.0566. The third-order valence-corrected chi connectivity index (χ3v) is 9.18. The third-order valence-electron chi connectivity index (χ3n) is 9.18. The van der Waals surface area contributed by atoms with Gasteiger partial charge in [-0.1, -0.05) is 18.2 Å². The highest BCUT2D eigenvalue weighted by Gasteiger charge is 2.26. The van der Waals surface area contributed by atoms with Crippen LogP contribution in [0.1, 0.15) is 53.1 Å². The van der Waals surface area contributed by atoms with Gasteiger partial charge in [-0.25, -0.2) is 19.9 Å². The van der Waals surface area contributed by atoms with Gasteiger partial charge in [-0.15, -0.1) is 0 Å². The molecule has 2 aliphatic rings. The van der Waals surface area contributed by atoms with Gasteiger partial charge in [0.15, 0.2) is 11.5 Å². The maximum atomic E-state index is 13.1. The Balaban J connectivity index is 0.938. The predicted molar refractivity (Wildman–Crippen MR) is 189 cm³/mol. The molecule has 0 bridgehead atoms. The molecule has 13 heteroatoms. The van der Waals surface area contributed by atoms with Gasteiger partial charge in [0.25, 0.3) is 11.8 Å². The van der Waals surface area contributed by atoms with Crippen LogP contribution in [0.15, 0.2) is 73.6 Å². The topological polar surface area (TPSA) is 147 Å². The Kier molecular flexibility index (Phi) is 9.47. The van der Waals surface area contributed by atoms with E-state index in [1.54, 1.807) is 25.5 Å². The number of nitrogens with zero attached hydrogens (tertiary/aromatic N) is 7. The molecule has 1 saturated heterocycles. The fraction of sp³-hybridized carbons (Fsp3) is 0.324. The second-order valence-corrected chi connectivity index (χ2v) is 12.6. The number of rotatable bonds is 9. The summed E-state index contributed by atoms with van der Waals surface area (Å²) in [6.45, 7) is 6.95. The van der Waals surface area contributed by atoms with E-state index < -0.39 is 0 Å². The molecule has 3 aromatic heterocycles. The minimum Gasteiger partial charge on any atom is -0.378 e. The molecule has 3 amide bonds. The van der Waals surface area contributed by atoms with Crippen LogP contribution in [-0.2, 0) is 16.0 Å². The largest absolute Gasteiger partial charge is 0.378 e. The van der Waals surface area contributed by atoms with Gasteiger partial charge in [0, 0.05) is 80.7 Å². The Morgan fingerprint density at radius 2 is 1.60 bits per heavy atom. The summed E-state index contributed by atoms with van der Waals surface area (Å²) in [4.78, 5) is 59.9. The van der Waals surface area contributed by atoms with Gasteiger partial charge in [-0.3, -0.25) is 14.4 Å². The third kappa shape index (κ3) is 6.90. The van der Waals surface area contributed by atoms with Crippen LogP contribution in [0.4, 0.5) is 11.5 Å². The van der Waals surface area contributed by atoms with E-state index in [1.165, 1.54) is 6.33 Å². The van der Waals surface area contributed by atoms with Crippen LogP contribution in [-0.4, -0.2) is 87.5 Å². The van der Waals surface area contributed by atoms with Crippen LogP contribution in [0, 0.1) is 0 Å². The first-order valence-electron chi connectivity index (χ1n) is 16.9. The average molecular weight is 674 g/mol. The Labute approximate surface area is 289 Å². The normalized spacial score (nSPS) is 15.8. The van der Waals surface area contributed by atoms with Gasteiger partial charge in [0.1, 0.15) is 12.0 Å². The number of ether oxygens (including phenoxy) is 1. The lowest BCUT2D eigenvalue weighted by Crippen LogP contribution is -2.40. The summed E-state index contributed by atoms with van der Waals surface area (Å²) in [6, 6.07) is 13.9. The number of benzene rings is 2. The van der Waals surface area contributed by atoms with Crippen LogP contribution in [0.25, 0.3) is 28.0 Å². The smallest absolute Gasteiger partial charge is 0.271 e. The second kappa shape index (κ2) is 14.4. The standard InChI is InChI=1S/C37H39N9O4/c1-24-4-5-29-18-28(10-11-33(29)46(24)25(2)47)26-6-8-27(9-7-26)36(48)40-12-3-13-41-37(49)32-22-45-21-31(30-19-38-23-39-20-30)42-34(35(45)43-32)44-14-16-50-17-15-44/h6-11,18-24H,3-5,12-17H2,1-2H3,(H,40,48)(H,41,49)/t24-/m0/s1. The number of fused-ring (bicyclic) bond motifs is 2. The van der Waals surface area contributed by atoms with E-state index in [0.717, 1.165) is 40.8 Å². The van der Waals surface area contributed by atoms with E-state index in [-0.39, 0.29) is 29.5 Å². The summed E-state index contributed by atoms with van der Waals surface area (Å²) in [6.07, 6.45) is 10.8. The quantitative estimate of drug-likeness (QED) is 0.222. The molecule has 1 atom stereocenters. The fourth-order valence-electron chi connectivity index (χ4n) is 6.56. The molecule has 2 aromatic carbocycles. The van der Waals surface area contributed by atoms with E-state index in [4.69, 9.17) is 9.72 Å². The highest BCUT2D eigenvalue weighted by Crippen LogP contribution is 2.34. The van der Waals surface area contributed by atoms with Crippen molar-refractivity contribution in [2.75, 3.05) is 49.2 Å². The number of morpholine rings is 1. The summed E-state index contributed by atoms with van der Waals surface area (Å²) in [5.41, 5.74) is 7.04. The van der Waals surface area contributed by atoms with Crippen LogP contribution in [0.3, 0.4) is 0 Å². The second-order valence-electron chi connectivity index (χ2n) is 12.6. The number of aromatic nitrogens is 5. The SMILES string of the molecule is CC(=O)N1c2ccc(-c3ccc(C(=O)NCCCNC(=O)c4cn5cc(-c6cncnc6)nc(N6CCOCC6)c5n4)cc3)cc2CC[C@@H]1C. The fourth-order valence-corrected chi connectivity index (χ4v) is 6.56. The van der Waals surface area contributed by atoms with E-state index >= 15 is 0 Å². The zero-order valence-corrected chi connectivity index (χ0v) is 28.1. The molecule has 1 fully saturated rings. The molecule has 13 nitrogen and oxygen atoms in total. The molecule has 2 N–H and O–H groups in total. The Hall–Kier alpha value is -5.69. The first kappa shape index (κ1) is 32.8. The summed E-state index contributed by atoms with van der Waals surface area (Å²) < 4.78 is 7.34. The Morgan fingerprint density at radius 3 is 2.34 bits per heavy atom. The van der Waals surface area contributed by atoms with Crippen molar-refractivity contribution in [3.8, 4) is 22.4 Å². The number of imidazole rings is 1. The van der Waals surface area contributed by atoms with Crippen LogP contribution in [0.5, 0.6) is 0 Å². The number of hydrogen-bond acceptors (Lipinski definition) is 9. The maximum absolute atomic E-state index is 13.1. The lowest BCUT2D eigenvalue weighted by atomic mass is 9.93. The molecule has 50 heavy (non-hydrogen) atoms. The van der Waals surface area contributed by atoms with E-state index in [0.29, 0.717) is 68.5 Å². The number of nitrogens with one attached hydrogen (secondary N) is 2. The number of carbonyl (C=O) groups excluding carboxylic acids is 3.